The Morgan fingerprint density at radius 3 is 2.94 bits per heavy atom. The highest BCUT2D eigenvalue weighted by atomic mass is 35.5. The predicted molar refractivity (Wildman–Crippen MR) is 65.5 cm³/mol. The minimum absolute atomic E-state index is 0.144. The Kier molecular flexibility index (Phi) is 3.76. The lowest BCUT2D eigenvalue weighted by atomic mass is 10.2. The first-order chi connectivity index (χ1) is 8.19. The van der Waals surface area contributed by atoms with Gasteiger partial charge in [-0.2, -0.15) is 5.10 Å². The van der Waals surface area contributed by atoms with Crippen molar-refractivity contribution in [2.45, 2.75) is 13.1 Å². The molecule has 0 radical (unpaired) electrons. The molecule has 0 spiro atoms. The Morgan fingerprint density at radius 2 is 2.24 bits per heavy atom. The van der Waals surface area contributed by atoms with Gasteiger partial charge in [0.2, 0.25) is 0 Å². The van der Waals surface area contributed by atoms with Crippen LogP contribution in [-0.4, -0.2) is 16.8 Å². The van der Waals surface area contributed by atoms with Crippen molar-refractivity contribution in [1.82, 2.24) is 15.1 Å². The lowest BCUT2D eigenvalue weighted by Crippen LogP contribution is -2.07. The third-order valence-corrected chi connectivity index (χ3v) is 2.69. The van der Waals surface area contributed by atoms with Gasteiger partial charge in [-0.25, -0.2) is 4.39 Å². The van der Waals surface area contributed by atoms with E-state index in [4.69, 9.17) is 11.6 Å². The standard InChI is InChI=1S/C12H13ClFN3/c1-15-7-10-4-5-17(16-10)8-9-2-3-11(13)12(14)6-9/h2-6,15H,7-8H2,1H3. The maximum absolute atomic E-state index is 13.2. The maximum atomic E-state index is 13.2. The van der Waals surface area contributed by atoms with Crippen LogP contribution in [0.25, 0.3) is 0 Å². The van der Waals surface area contributed by atoms with Crippen molar-refractivity contribution in [3.8, 4) is 0 Å². The molecule has 1 N–H and O–H groups in total. The maximum Gasteiger partial charge on any atom is 0.142 e. The van der Waals surface area contributed by atoms with Crippen LogP contribution in [0.3, 0.4) is 0 Å². The van der Waals surface area contributed by atoms with E-state index in [1.165, 1.54) is 6.07 Å². The summed E-state index contributed by atoms with van der Waals surface area (Å²) in [5.74, 6) is -0.397. The summed E-state index contributed by atoms with van der Waals surface area (Å²) < 4.78 is 15.0. The Labute approximate surface area is 104 Å². The first kappa shape index (κ1) is 12.1. The smallest absolute Gasteiger partial charge is 0.142 e. The molecule has 0 unspecified atom stereocenters. The van der Waals surface area contributed by atoms with E-state index in [0.717, 1.165) is 17.8 Å². The number of nitrogens with zero attached hydrogens (tertiary/aromatic N) is 2. The van der Waals surface area contributed by atoms with Gasteiger partial charge in [0.15, 0.2) is 0 Å². The van der Waals surface area contributed by atoms with Crippen LogP contribution < -0.4 is 5.32 Å². The van der Waals surface area contributed by atoms with E-state index in [1.807, 2.05) is 19.3 Å². The van der Waals surface area contributed by atoms with E-state index < -0.39 is 5.82 Å². The fourth-order valence-electron chi connectivity index (χ4n) is 1.59. The quantitative estimate of drug-likeness (QED) is 0.907. The Balaban J connectivity index is 2.11. The minimum atomic E-state index is -0.397. The molecular formula is C12H13ClFN3. The second-order valence-electron chi connectivity index (χ2n) is 3.78. The molecule has 0 amide bonds. The molecule has 1 heterocycles. The molecule has 0 fully saturated rings. The zero-order chi connectivity index (χ0) is 12.3. The van der Waals surface area contributed by atoms with Crippen molar-refractivity contribution in [1.29, 1.82) is 0 Å². The van der Waals surface area contributed by atoms with Gasteiger partial charge in [0.05, 0.1) is 17.3 Å². The molecule has 0 saturated heterocycles. The summed E-state index contributed by atoms with van der Waals surface area (Å²) in [6.07, 6.45) is 1.87. The van der Waals surface area contributed by atoms with Gasteiger partial charge in [-0.05, 0) is 30.8 Å². The van der Waals surface area contributed by atoms with Gasteiger partial charge in [0.1, 0.15) is 5.82 Å². The highest BCUT2D eigenvalue weighted by Gasteiger charge is 2.03. The minimum Gasteiger partial charge on any atom is -0.314 e. The zero-order valence-corrected chi connectivity index (χ0v) is 10.2. The van der Waals surface area contributed by atoms with E-state index in [-0.39, 0.29) is 5.02 Å². The molecule has 90 valence electrons. The van der Waals surface area contributed by atoms with Crippen molar-refractivity contribution in [3.05, 3.63) is 52.6 Å². The molecule has 17 heavy (non-hydrogen) atoms. The van der Waals surface area contributed by atoms with Gasteiger partial charge in [-0.1, -0.05) is 17.7 Å². The van der Waals surface area contributed by atoms with Crippen molar-refractivity contribution < 1.29 is 4.39 Å². The molecule has 0 aliphatic carbocycles. The van der Waals surface area contributed by atoms with Gasteiger partial charge in [0, 0.05) is 12.7 Å². The zero-order valence-electron chi connectivity index (χ0n) is 9.45. The molecule has 0 aliphatic heterocycles. The topological polar surface area (TPSA) is 29.9 Å². The summed E-state index contributed by atoms with van der Waals surface area (Å²) in [6, 6.07) is 6.72. The number of nitrogens with one attached hydrogen (secondary N) is 1. The van der Waals surface area contributed by atoms with Gasteiger partial charge < -0.3 is 5.32 Å². The third kappa shape index (κ3) is 3.05. The van der Waals surface area contributed by atoms with E-state index >= 15 is 0 Å². The highest BCUT2D eigenvalue weighted by molar-refractivity contribution is 6.30. The summed E-state index contributed by atoms with van der Waals surface area (Å²) in [7, 11) is 1.87. The number of hydrogen-bond donors (Lipinski definition) is 1. The normalized spacial score (nSPS) is 10.8. The van der Waals surface area contributed by atoms with Crippen LogP contribution >= 0.6 is 11.6 Å². The molecule has 2 aromatic rings. The Hall–Kier alpha value is -1.39. The second-order valence-corrected chi connectivity index (χ2v) is 4.19. The van der Waals surface area contributed by atoms with E-state index in [2.05, 4.69) is 10.4 Å². The van der Waals surface area contributed by atoms with Crippen molar-refractivity contribution >= 4 is 11.6 Å². The fourth-order valence-corrected chi connectivity index (χ4v) is 1.71. The molecule has 1 aromatic carbocycles. The molecule has 5 heteroatoms. The van der Waals surface area contributed by atoms with Crippen molar-refractivity contribution in [3.63, 3.8) is 0 Å². The fraction of sp³-hybridized carbons (Fsp3) is 0.250. The van der Waals surface area contributed by atoms with Gasteiger partial charge >= 0.3 is 0 Å². The van der Waals surface area contributed by atoms with Gasteiger partial charge in [-0.3, -0.25) is 4.68 Å². The molecule has 0 atom stereocenters. The largest absolute Gasteiger partial charge is 0.314 e. The number of halogens is 2. The van der Waals surface area contributed by atoms with Crippen LogP contribution in [0.15, 0.2) is 30.5 Å². The number of rotatable bonds is 4. The average molecular weight is 254 g/mol. The number of aromatic nitrogens is 2. The lowest BCUT2D eigenvalue weighted by molar-refractivity contribution is 0.617. The van der Waals surface area contributed by atoms with Crippen LogP contribution in [0, 0.1) is 5.82 Å². The van der Waals surface area contributed by atoms with E-state index in [0.29, 0.717) is 6.54 Å². The SMILES string of the molecule is CNCc1ccn(Cc2ccc(Cl)c(F)c2)n1. The summed E-state index contributed by atoms with van der Waals surface area (Å²) in [5, 5.41) is 7.51. The molecule has 2 rings (SSSR count). The molecule has 1 aromatic heterocycles. The van der Waals surface area contributed by atoms with Gasteiger partial charge in [-0.15, -0.1) is 0 Å². The van der Waals surface area contributed by atoms with Crippen LogP contribution in [0.5, 0.6) is 0 Å². The third-order valence-electron chi connectivity index (χ3n) is 2.38. The van der Waals surface area contributed by atoms with Crippen LogP contribution in [-0.2, 0) is 13.1 Å². The molecule has 0 aliphatic rings. The molecule has 0 bridgehead atoms. The molecular weight excluding hydrogens is 241 g/mol. The van der Waals surface area contributed by atoms with E-state index in [1.54, 1.807) is 16.8 Å². The Bertz CT molecular complexity index is 510. The number of benzene rings is 1. The van der Waals surface area contributed by atoms with E-state index in [9.17, 15) is 4.39 Å². The van der Waals surface area contributed by atoms with Crippen LogP contribution in [0.4, 0.5) is 4.39 Å². The predicted octanol–water partition coefficient (Wildman–Crippen LogP) is 2.44. The highest BCUT2D eigenvalue weighted by Crippen LogP contribution is 2.16. The monoisotopic (exact) mass is 253 g/mol. The summed E-state index contributed by atoms with van der Waals surface area (Å²) in [4.78, 5) is 0. The second kappa shape index (κ2) is 5.29. The summed E-state index contributed by atoms with van der Waals surface area (Å²) in [6.45, 7) is 1.26. The van der Waals surface area contributed by atoms with Gasteiger partial charge in [0.25, 0.3) is 0 Å². The lowest BCUT2D eigenvalue weighted by Gasteiger charge is -2.03. The number of hydrogen-bond acceptors (Lipinski definition) is 2. The summed E-state index contributed by atoms with van der Waals surface area (Å²) in [5.41, 5.74) is 1.80. The average Bonchev–Trinajstić information content (AvgIpc) is 2.72. The Morgan fingerprint density at radius 1 is 1.41 bits per heavy atom. The summed E-state index contributed by atoms with van der Waals surface area (Å²) >= 11 is 5.62. The first-order valence-corrected chi connectivity index (χ1v) is 5.67. The van der Waals surface area contributed by atoms with Crippen molar-refractivity contribution in [2.24, 2.45) is 0 Å². The van der Waals surface area contributed by atoms with Crippen molar-refractivity contribution in [2.75, 3.05) is 7.05 Å². The molecule has 0 saturated carbocycles. The van der Waals surface area contributed by atoms with Crippen LogP contribution in [0.1, 0.15) is 11.3 Å². The molecule has 3 nitrogen and oxygen atoms in total. The van der Waals surface area contributed by atoms with Crippen LogP contribution in [0.2, 0.25) is 5.02 Å². The first-order valence-electron chi connectivity index (χ1n) is 5.30.